The lowest BCUT2D eigenvalue weighted by molar-refractivity contribution is -0.120. The molecule has 0 spiro atoms. The molecule has 0 radical (unpaired) electrons. The first-order valence-electron chi connectivity index (χ1n) is 11.6. The lowest BCUT2D eigenvalue weighted by Crippen LogP contribution is -2.37. The number of hydrogen-bond acceptors (Lipinski definition) is 3. The molecule has 2 amide bonds. The Labute approximate surface area is 206 Å². The van der Waals surface area contributed by atoms with E-state index in [1.165, 1.54) is 12.1 Å². The fourth-order valence-electron chi connectivity index (χ4n) is 4.31. The molecule has 2 aromatic heterocycles. The van der Waals surface area contributed by atoms with Gasteiger partial charge in [-0.05, 0) is 66.1 Å². The van der Waals surface area contributed by atoms with Gasteiger partial charge in [-0.25, -0.2) is 4.39 Å². The van der Waals surface area contributed by atoms with E-state index in [0.717, 1.165) is 44.2 Å². The first kappa shape index (κ1) is 23.2. The Balaban J connectivity index is 1.19. The van der Waals surface area contributed by atoms with Crippen molar-refractivity contribution in [3.63, 3.8) is 0 Å². The summed E-state index contributed by atoms with van der Waals surface area (Å²) in [6, 6.07) is 17.7. The third kappa shape index (κ3) is 4.79. The number of H-pyrrole nitrogens is 2. The molecule has 0 saturated carbocycles. The molecule has 0 fully saturated rings. The van der Waals surface area contributed by atoms with E-state index in [1.54, 1.807) is 19.2 Å². The number of carbonyl (C=O) groups excluding carboxylic acids is 2. The Hall–Kier alpha value is -4.59. The van der Waals surface area contributed by atoms with Crippen molar-refractivity contribution in [2.24, 2.45) is 0 Å². The number of nitrogens with one attached hydrogen (secondary N) is 4. The number of fused-ring (bicyclic) bond motifs is 2. The molecule has 0 aliphatic rings. The quantitative estimate of drug-likeness (QED) is 0.260. The van der Waals surface area contributed by atoms with Gasteiger partial charge in [0.05, 0.1) is 13.7 Å². The summed E-state index contributed by atoms with van der Waals surface area (Å²) in [5.41, 5.74) is 5.04. The van der Waals surface area contributed by atoms with Crippen LogP contribution in [0.25, 0.3) is 32.9 Å². The molecule has 0 aliphatic heterocycles. The van der Waals surface area contributed by atoms with Crippen LogP contribution in [0.5, 0.6) is 5.75 Å². The van der Waals surface area contributed by atoms with Crippen LogP contribution in [-0.2, 0) is 11.2 Å². The average molecular weight is 485 g/mol. The highest BCUT2D eigenvalue weighted by molar-refractivity contribution is 6.03. The number of aromatic nitrogens is 2. The van der Waals surface area contributed by atoms with E-state index in [9.17, 15) is 14.0 Å². The van der Waals surface area contributed by atoms with Crippen molar-refractivity contribution in [1.82, 2.24) is 20.6 Å². The number of hydrogen-bond donors (Lipinski definition) is 4. The monoisotopic (exact) mass is 484 g/mol. The number of aromatic amines is 2. The van der Waals surface area contributed by atoms with Crippen LogP contribution in [0, 0.1) is 5.82 Å². The molecule has 0 unspecified atom stereocenters. The second kappa shape index (κ2) is 9.95. The van der Waals surface area contributed by atoms with Gasteiger partial charge in [-0.1, -0.05) is 12.1 Å². The minimum atomic E-state index is -0.336. The fourth-order valence-corrected chi connectivity index (χ4v) is 4.31. The Kier molecular flexibility index (Phi) is 6.40. The zero-order valence-corrected chi connectivity index (χ0v) is 19.7. The minimum Gasteiger partial charge on any atom is -0.497 e. The van der Waals surface area contributed by atoms with E-state index in [0.29, 0.717) is 18.5 Å². The van der Waals surface area contributed by atoms with Gasteiger partial charge in [0.15, 0.2) is 0 Å². The molecule has 2 heterocycles. The number of halogens is 1. The molecule has 0 atom stereocenters. The molecule has 36 heavy (non-hydrogen) atoms. The van der Waals surface area contributed by atoms with Gasteiger partial charge in [-0.2, -0.15) is 0 Å². The smallest absolute Gasteiger partial charge is 0.251 e. The normalized spacial score (nSPS) is 11.1. The summed E-state index contributed by atoms with van der Waals surface area (Å²) >= 11 is 0. The Morgan fingerprint density at radius 1 is 0.917 bits per heavy atom. The number of carbonyl (C=O) groups is 2. The van der Waals surface area contributed by atoms with Crippen molar-refractivity contribution in [1.29, 1.82) is 0 Å². The summed E-state index contributed by atoms with van der Waals surface area (Å²) in [7, 11) is 1.62. The van der Waals surface area contributed by atoms with Crippen LogP contribution in [0.4, 0.5) is 4.39 Å². The van der Waals surface area contributed by atoms with Gasteiger partial charge in [0, 0.05) is 51.9 Å². The summed E-state index contributed by atoms with van der Waals surface area (Å²) < 4.78 is 18.9. The molecule has 5 aromatic rings. The molecular formula is C28H25FN4O3. The minimum absolute atomic E-state index is 0.144. The molecule has 4 N–H and O–H groups in total. The van der Waals surface area contributed by atoms with E-state index >= 15 is 0 Å². The molecular weight excluding hydrogens is 459 g/mol. The number of amides is 2. The lowest BCUT2D eigenvalue weighted by atomic mass is 10.0. The summed E-state index contributed by atoms with van der Waals surface area (Å²) in [5, 5.41) is 7.17. The topological polar surface area (TPSA) is 99.0 Å². The van der Waals surface area contributed by atoms with Gasteiger partial charge in [0.1, 0.15) is 11.6 Å². The van der Waals surface area contributed by atoms with Crippen molar-refractivity contribution < 1.29 is 18.7 Å². The number of rotatable bonds is 8. The van der Waals surface area contributed by atoms with E-state index in [1.807, 2.05) is 48.8 Å². The van der Waals surface area contributed by atoms with E-state index in [2.05, 4.69) is 20.6 Å². The maximum Gasteiger partial charge on any atom is 0.251 e. The number of benzene rings is 3. The maximum absolute atomic E-state index is 13.5. The summed E-state index contributed by atoms with van der Waals surface area (Å²) in [6.45, 7) is 0.229. The summed E-state index contributed by atoms with van der Waals surface area (Å²) in [4.78, 5) is 31.4. The molecule has 0 saturated heterocycles. The van der Waals surface area contributed by atoms with Crippen LogP contribution >= 0.6 is 0 Å². The molecule has 182 valence electrons. The zero-order chi connectivity index (χ0) is 25.1. The van der Waals surface area contributed by atoms with Crippen molar-refractivity contribution >= 4 is 33.6 Å². The highest BCUT2D eigenvalue weighted by atomic mass is 19.1. The Morgan fingerprint density at radius 3 is 2.58 bits per heavy atom. The second-order valence-electron chi connectivity index (χ2n) is 8.48. The third-order valence-corrected chi connectivity index (χ3v) is 6.18. The van der Waals surface area contributed by atoms with Crippen molar-refractivity contribution in [2.75, 3.05) is 20.2 Å². The lowest BCUT2D eigenvalue weighted by Gasteiger charge is -2.08. The first-order valence-corrected chi connectivity index (χ1v) is 11.6. The average Bonchev–Trinajstić information content (AvgIpc) is 3.51. The predicted molar refractivity (Wildman–Crippen MR) is 138 cm³/mol. The van der Waals surface area contributed by atoms with Gasteiger partial charge < -0.3 is 25.3 Å². The van der Waals surface area contributed by atoms with Gasteiger partial charge in [0.2, 0.25) is 5.91 Å². The number of methoxy groups -OCH3 is 1. The van der Waals surface area contributed by atoms with Gasteiger partial charge in [-0.15, -0.1) is 0 Å². The first-order chi connectivity index (χ1) is 17.5. The van der Waals surface area contributed by atoms with Crippen LogP contribution in [0.3, 0.4) is 0 Å². The summed E-state index contributed by atoms with van der Waals surface area (Å²) in [5.74, 6) is -0.187. The van der Waals surface area contributed by atoms with E-state index in [-0.39, 0.29) is 24.2 Å². The Bertz CT molecular complexity index is 1570. The van der Waals surface area contributed by atoms with Crippen LogP contribution in [-0.4, -0.2) is 42.0 Å². The second-order valence-corrected chi connectivity index (χ2v) is 8.48. The summed E-state index contributed by atoms with van der Waals surface area (Å²) in [6.07, 6.45) is 4.26. The van der Waals surface area contributed by atoms with Crippen molar-refractivity contribution in [3.05, 3.63) is 90.0 Å². The standard InChI is InChI=1S/C28H25FN4O3/c1-36-21-4-2-3-17(11-21)24-15-32-26-7-5-18(12-23(24)26)28(35)33-16-27(34)30-10-9-19-14-31-25-8-6-20(29)13-22(19)25/h2-8,11-15,31-32H,9-10,16H2,1H3,(H,30,34)(H,33,35). The molecule has 0 aliphatic carbocycles. The van der Waals surface area contributed by atoms with Crippen molar-refractivity contribution in [2.45, 2.75) is 6.42 Å². The largest absolute Gasteiger partial charge is 0.497 e. The predicted octanol–water partition coefficient (Wildman–Crippen LogP) is 4.55. The van der Waals surface area contributed by atoms with Gasteiger partial charge in [0.25, 0.3) is 5.91 Å². The van der Waals surface area contributed by atoms with Crippen molar-refractivity contribution in [3.8, 4) is 16.9 Å². The highest BCUT2D eigenvalue weighted by Gasteiger charge is 2.13. The van der Waals surface area contributed by atoms with E-state index in [4.69, 9.17) is 4.74 Å². The SMILES string of the molecule is COc1cccc(-c2c[nH]c3ccc(C(=O)NCC(=O)NCCc4c[nH]c5ccc(F)cc45)cc23)c1. The molecule has 5 rings (SSSR count). The highest BCUT2D eigenvalue weighted by Crippen LogP contribution is 2.31. The van der Waals surface area contributed by atoms with Gasteiger partial charge in [-0.3, -0.25) is 9.59 Å². The van der Waals surface area contributed by atoms with Gasteiger partial charge >= 0.3 is 0 Å². The molecule has 3 aromatic carbocycles. The van der Waals surface area contributed by atoms with Crippen LogP contribution in [0.1, 0.15) is 15.9 Å². The zero-order valence-electron chi connectivity index (χ0n) is 19.7. The maximum atomic E-state index is 13.5. The molecule has 8 heteroatoms. The van der Waals surface area contributed by atoms with Crippen LogP contribution in [0.2, 0.25) is 0 Å². The number of ether oxygens (including phenoxy) is 1. The van der Waals surface area contributed by atoms with Crippen LogP contribution < -0.4 is 15.4 Å². The Morgan fingerprint density at radius 2 is 1.72 bits per heavy atom. The third-order valence-electron chi connectivity index (χ3n) is 6.18. The van der Waals surface area contributed by atoms with Crippen LogP contribution in [0.15, 0.2) is 73.1 Å². The fraction of sp³-hybridized carbons (Fsp3) is 0.143. The molecule has 7 nitrogen and oxygen atoms in total. The van der Waals surface area contributed by atoms with E-state index < -0.39 is 0 Å². The molecule has 0 bridgehead atoms.